The summed E-state index contributed by atoms with van der Waals surface area (Å²) in [6.07, 6.45) is 1.37. The Balaban J connectivity index is 2.18. The number of ether oxygens (including phenoxy) is 1. The molecule has 0 aliphatic rings. The first-order valence-electron chi connectivity index (χ1n) is 8.04. The Morgan fingerprint density at radius 1 is 1.12 bits per heavy atom. The van der Waals surface area contributed by atoms with Gasteiger partial charge in [-0.1, -0.05) is 26.8 Å². The van der Waals surface area contributed by atoms with E-state index in [1.807, 2.05) is 45.9 Å². The Hall–Kier alpha value is -2.76. The quantitative estimate of drug-likeness (QED) is 0.591. The zero-order chi connectivity index (χ0) is 18.2. The fourth-order valence-corrected chi connectivity index (χ4v) is 2.58. The molecule has 0 spiro atoms. The van der Waals surface area contributed by atoms with Crippen LogP contribution in [-0.4, -0.2) is 16.5 Å². The van der Waals surface area contributed by atoms with Gasteiger partial charge in [0.05, 0.1) is 12.8 Å². The normalized spacial score (nSPS) is 12.2. The van der Waals surface area contributed by atoms with E-state index in [1.54, 1.807) is 17.6 Å². The van der Waals surface area contributed by atoms with E-state index in [0.717, 1.165) is 11.3 Å². The van der Waals surface area contributed by atoms with Crippen LogP contribution in [-0.2, 0) is 5.41 Å². The number of aromatic nitrogens is 2. The topological polar surface area (TPSA) is 51.2 Å². The SMILES string of the molecule is COc1ccc(C)cc1N=Nc1c(C(C)(C)C)nc2ccc(F)cn12. The van der Waals surface area contributed by atoms with Crippen molar-refractivity contribution in [2.45, 2.75) is 33.1 Å². The average molecular weight is 340 g/mol. The lowest BCUT2D eigenvalue weighted by atomic mass is 9.92. The van der Waals surface area contributed by atoms with E-state index >= 15 is 0 Å². The second-order valence-corrected chi connectivity index (χ2v) is 6.98. The molecule has 3 aromatic rings. The predicted octanol–water partition coefficient (Wildman–Crippen LogP) is 5.50. The number of rotatable bonds is 3. The summed E-state index contributed by atoms with van der Waals surface area (Å²) < 4.78 is 20.7. The van der Waals surface area contributed by atoms with Crippen LogP contribution in [0.3, 0.4) is 0 Å². The number of aryl methyl sites for hydroxylation is 1. The van der Waals surface area contributed by atoms with Crippen molar-refractivity contribution in [1.82, 2.24) is 9.38 Å². The van der Waals surface area contributed by atoms with E-state index in [4.69, 9.17) is 4.74 Å². The van der Waals surface area contributed by atoms with E-state index in [2.05, 4.69) is 15.2 Å². The summed E-state index contributed by atoms with van der Waals surface area (Å²) in [5.74, 6) is 0.798. The predicted molar refractivity (Wildman–Crippen MR) is 95.8 cm³/mol. The van der Waals surface area contributed by atoms with Crippen molar-refractivity contribution in [1.29, 1.82) is 0 Å². The number of nitrogens with zero attached hydrogens (tertiary/aromatic N) is 4. The van der Waals surface area contributed by atoms with Gasteiger partial charge in [0.1, 0.15) is 22.9 Å². The lowest BCUT2D eigenvalue weighted by molar-refractivity contribution is 0.415. The smallest absolute Gasteiger partial charge is 0.183 e. The van der Waals surface area contributed by atoms with Gasteiger partial charge < -0.3 is 4.74 Å². The summed E-state index contributed by atoms with van der Waals surface area (Å²) in [5.41, 5.74) is 2.81. The van der Waals surface area contributed by atoms with Crippen molar-refractivity contribution in [2.75, 3.05) is 7.11 Å². The number of halogens is 1. The molecule has 0 unspecified atom stereocenters. The van der Waals surface area contributed by atoms with Gasteiger partial charge in [-0.3, -0.25) is 4.40 Å². The van der Waals surface area contributed by atoms with E-state index in [9.17, 15) is 4.39 Å². The number of imidazole rings is 1. The van der Waals surface area contributed by atoms with Crippen LogP contribution >= 0.6 is 0 Å². The number of benzene rings is 1. The van der Waals surface area contributed by atoms with Crippen LogP contribution < -0.4 is 4.74 Å². The summed E-state index contributed by atoms with van der Waals surface area (Å²) in [5, 5.41) is 8.75. The maximum atomic E-state index is 13.7. The molecule has 0 aliphatic heterocycles. The van der Waals surface area contributed by atoms with Gasteiger partial charge in [0, 0.05) is 11.6 Å². The zero-order valence-electron chi connectivity index (χ0n) is 15.0. The molecule has 6 heteroatoms. The van der Waals surface area contributed by atoms with Crippen LogP contribution in [0.4, 0.5) is 15.9 Å². The first kappa shape index (κ1) is 17.1. The molecule has 0 amide bonds. The summed E-state index contributed by atoms with van der Waals surface area (Å²) in [4.78, 5) is 4.61. The molecule has 2 aromatic heterocycles. The third-order valence-corrected chi connectivity index (χ3v) is 3.85. The Morgan fingerprint density at radius 3 is 2.56 bits per heavy atom. The van der Waals surface area contributed by atoms with Gasteiger partial charge >= 0.3 is 0 Å². The second-order valence-electron chi connectivity index (χ2n) is 6.98. The molecule has 130 valence electrons. The molecule has 1 aromatic carbocycles. The summed E-state index contributed by atoms with van der Waals surface area (Å²) in [6, 6.07) is 8.71. The van der Waals surface area contributed by atoms with Crippen molar-refractivity contribution in [3.63, 3.8) is 0 Å². The summed E-state index contributed by atoms with van der Waals surface area (Å²) in [6.45, 7) is 8.09. The van der Waals surface area contributed by atoms with Crippen LogP contribution in [0.5, 0.6) is 5.75 Å². The van der Waals surface area contributed by atoms with Gasteiger partial charge in [-0.2, -0.15) is 0 Å². The Labute approximate surface area is 146 Å². The lowest BCUT2D eigenvalue weighted by Gasteiger charge is -2.15. The van der Waals surface area contributed by atoms with Gasteiger partial charge in [-0.25, -0.2) is 9.37 Å². The molecule has 3 rings (SSSR count). The molecule has 0 radical (unpaired) electrons. The monoisotopic (exact) mass is 340 g/mol. The minimum absolute atomic E-state index is 0.256. The van der Waals surface area contributed by atoms with E-state index < -0.39 is 0 Å². The first-order valence-corrected chi connectivity index (χ1v) is 8.04. The average Bonchev–Trinajstić information content (AvgIpc) is 2.91. The Kier molecular flexibility index (Phi) is 4.29. The minimum atomic E-state index is -0.352. The molecule has 0 saturated heterocycles. The van der Waals surface area contributed by atoms with Crippen molar-refractivity contribution < 1.29 is 9.13 Å². The number of fused-ring (bicyclic) bond motifs is 1. The van der Waals surface area contributed by atoms with Gasteiger partial charge in [0.25, 0.3) is 0 Å². The van der Waals surface area contributed by atoms with E-state index in [0.29, 0.717) is 22.9 Å². The fraction of sp³-hybridized carbons (Fsp3) is 0.316. The minimum Gasteiger partial charge on any atom is -0.494 e. The second kappa shape index (κ2) is 6.27. The first-order chi connectivity index (χ1) is 11.8. The standard InChI is InChI=1S/C19H21FN4O/c1-12-6-8-15(25-5)14(10-12)22-23-18-17(19(2,3)4)21-16-9-7-13(20)11-24(16)18/h6-11H,1-5H3. The molecule has 0 atom stereocenters. The van der Waals surface area contributed by atoms with E-state index in [1.165, 1.54) is 12.3 Å². The molecule has 2 heterocycles. The highest BCUT2D eigenvalue weighted by Crippen LogP contribution is 2.35. The Morgan fingerprint density at radius 2 is 1.88 bits per heavy atom. The third-order valence-electron chi connectivity index (χ3n) is 3.85. The van der Waals surface area contributed by atoms with Crippen molar-refractivity contribution in [2.24, 2.45) is 10.2 Å². The lowest BCUT2D eigenvalue weighted by Crippen LogP contribution is -2.11. The van der Waals surface area contributed by atoms with Crippen LogP contribution in [0.1, 0.15) is 32.0 Å². The molecule has 25 heavy (non-hydrogen) atoms. The van der Waals surface area contributed by atoms with E-state index in [-0.39, 0.29) is 11.2 Å². The largest absolute Gasteiger partial charge is 0.494 e. The van der Waals surface area contributed by atoms with Crippen LogP contribution in [0.25, 0.3) is 5.65 Å². The molecule has 0 fully saturated rings. The van der Waals surface area contributed by atoms with Crippen LogP contribution in [0.2, 0.25) is 0 Å². The zero-order valence-corrected chi connectivity index (χ0v) is 15.0. The molecule has 0 aliphatic carbocycles. The number of hydrogen-bond acceptors (Lipinski definition) is 4. The maximum Gasteiger partial charge on any atom is 0.183 e. The number of azo groups is 1. The highest BCUT2D eigenvalue weighted by molar-refractivity contribution is 5.56. The van der Waals surface area contributed by atoms with Crippen LogP contribution in [0.15, 0.2) is 46.8 Å². The van der Waals surface area contributed by atoms with Crippen molar-refractivity contribution in [3.05, 3.63) is 53.6 Å². The number of hydrogen-bond donors (Lipinski definition) is 0. The van der Waals surface area contributed by atoms with Crippen molar-refractivity contribution in [3.8, 4) is 5.75 Å². The van der Waals surface area contributed by atoms with Crippen molar-refractivity contribution >= 4 is 17.2 Å². The van der Waals surface area contributed by atoms with Gasteiger partial charge in [0.15, 0.2) is 5.82 Å². The highest BCUT2D eigenvalue weighted by Gasteiger charge is 2.24. The van der Waals surface area contributed by atoms with Gasteiger partial charge in [-0.05, 0) is 36.8 Å². The Bertz CT molecular complexity index is 954. The third kappa shape index (κ3) is 3.38. The number of methoxy groups -OCH3 is 1. The summed E-state index contributed by atoms with van der Waals surface area (Å²) in [7, 11) is 1.59. The highest BCUT2D eigenvalue weighted by atomic mass is 19.1. The molecule has 5 nitrogen and oxygen atoms in total. The molecule has 0 saturated carbocycles. The number of pyridine rings is 1. The molecule has 0 N–H and O–H groups in total. The van der Waals surface area contributed by atoms with Gasteiger partial charge in [-0.15, -0.1) is 10.2 Å². The fourth-order valence-electron chi connectivity index (χ4n) is 2.58. The molecule has 0 bridgehead atoms. The van der Waals surface area contributed by atoms with Gasteiger partial charge in [0.2, 0.25) is 0 Å². The maximum absolute atomic E-state index is 13.7. The summed E-state index contributed by atoms with van der Waals surface area (Å²) >= 11 is 0. The molecular weight excluding hydrogens is 319 g/mol. The van der Waals surface area contributed by atoms with Crippen LogP contribution in [0, 0.1) is 12.7 Å². The molecular formula is C19H21FN4O.